The number of hydrogen-bond acceptors (Lipinski definition) is 14. The van der Waals surface area contributed by atoms with E-state index in [1.807, 2.05) is 18.5 Å². The Hall–Kier alpha value is -3.56. The number of ether oxygens (including phenoxy) is 2. The number of nitrogens with one attached hydrogen (secondary N) is 3. The van der Waals surface area contributed by atoms with E-state index >= 15 is 0 Å². The van der Waals surface area contributed by atoms with Gasteiger partial charge in [0.15, 0.2) is 11.3 Å². The van der Waals surface area contributed by atoms with Crippen molar-refractivity contribution in [2.45, 2.75) is 57.6 Å². The number of anilines is 2. The number of benzene rings is 2. The predicted octanol–water partition coefficient (Wildman–Crippen LogP) is 6.33. The van der Waals surface area contributed by atoms with Crippen molar-refractivity contribution < 1.29 is 61.6 Å². The van der Waals surface area contributed by atoms with Crippen LogP contribution in [0.4, 0.5) is 25.1 Å². The van der Waals surface area contributed by atoms with Crippen LogP contribution in [0.3, 0.4) is 0 Å². The second-order valence-corrected chi connectivity index (χ2v) is 18.1. The molecule has 0 radical (unpaired) electrons. The number of carboxylic acid groups (broad SMARTS) is 2. The first-order valence-corrected chi connectivity index (χ1v) is 22.3. The van der Waals surface area contributed by atoms with E-state index in [-0.39, 0.29) is 32.6 Å². The molecule has 1 heterocycles. The molecule has 16 nitrogen and oxygen atoms in total. The van der Waals surface area contributed by atoms with Crippen LogP contribution in [0.1, 0.15) is 50.5 Å². The monoisotopic (exact) mass is 908 g/mol. The topological polar surface area (TPSA) is 245 Å². The number of alkyl halides is 3. The van der Waals surface area contributed by atoms with E-state index in [1.165, 1.54) is 23.9 Å². The van der Waals surface area contributed by atoms with Gasteiger partial charge in [0.1, 0.15) is 19.1 Å². The molecule has 24 heteroatoms. The quantitative estimate of drug-likeness (QED) is 0.0475. The standard InChI is InChI=1S/C17H11Cl2F3O5.C10H19N5S.C3H8NO5P.C3H9S/c1-8(15(23)24)26-16(25)11-7-10(3-4-12(11)18)27-14-5-2-9(6-13(14)19)17(20,21)22;1-6-11-7-12-8(15-10(2,3)4)14-9(13-7)16-5;5-3(6)1-4-2-10(7,8)9;1-4(2)3/h2-8H,1H3,(H,23,24);6H2,1-5H3,(H2,11,12,13,14,15);4H,1-2H2,(H,5,6)(H2,7,8,9);1-3H3/q;;;+1/p-1/t8-;;;/m0.../s1. The fraction of sp³-hybridized carbons (Fsp3) is 0.455. The Bertz CT molecular complexity index is 1820. The highest BCUT2D eigenvalue weighted by Gasteiger charge is 2.31. The molecule has 0 aliphatic rings. The summed E-state index contributed by atoms with van der Waals surface area (Å²) in [5.74, 6) is -2.33. The highest BCUT2D eigenvalue weighted by Crippen LogP contribution is 2.37. The van der Waals surface area contributed by atoms with Crippen molar-refractivity contribution in [2.75, 3.05) is 55.0 Å². The molecule has 2 aromatic carbocycles. The minimum absolute atomic E-state index is 0.0246. The Balaban J connectivity index is 0.000000880. The fourth-order valence-corrected chi connectivity index (χ4v) is 4.43. The molecule has 6 N–H and O–H groups in total. The summed E-state index contributed by atoms with van der Waals surface area (Å²) in [7, 11) is -3.71. The maximum absolute atomic E-state index is 12.7. The lowest BCUT2D eigenvalue weighted by Crippen LogP contribution is -2.27. The molecule has 0 bridgehead atoms. The summed E-state index contributed by atoms with van der Waals surface area (Å²) in [6, 6.07) is 6.33. The molecule has 0 fully saturated rings. The summed E-state index contributed by atoms with van der Waals surface area (Å²) in [5, 5.41) is 25.5. The number of esters is 1. The van der Waals surface area contributed by atoms with Gasteiger partial charge in [-0.15, -0.1) is 0 Å². The van der Waals surface area contributed by atoms with Gasteiger partial charge in [-0.25, -0.2) is 9.59 Å². The molecule has 1 unspecified atom stereocenters. The second kappa shape index (κ2) is 25.0. The Morgan fingerprint density at radius 2 is 1.58 bits per heavy atom. The molecule has 0 spiro atoms. The van der Waals surface area contributed by atoms with Crippen LogP contribution in [0, 0.1) is 0 Å². The van der Waals surface area contributed by atoms with Crippen molar-refractivity contribution in [3.63, 3.8) is 0 Å². The second-order valence-electron chi connectivity index (χ2n) is 12.5. The predicted molar refractivity (Wildman–Crippen MR) is 215 cm³/mol. The van der Waals surface area contributed by atoms with E-state index in [9.17, 15) is 37.0 Å². The molecule has 0 saturated carbocycles. The van der Waals surface area contributed by atoms with Crippen LogP contribution < -0.4 is 25.6 Å². The van der Waals surface area contributed by atoms with Gasteiger partial charge in [-0.3, -0.25) is 10.1 Å². The SMILES string of the molecule is CCNc1nc(NC(C)(C)C)nc(SC)n1.C[C@H](OC(=O)c1cc(Oc2ccc(C(F)(F)F)cc2Cl)ccc1Cl)C(=O)O.C[S+](C)C.O=C(O)CNCP(=O)([O-])O. The fourth-order valence-electron chi connectivity index (χ4n) is 3.27. The number of aliphatic carboxylic acids is 2. The molecular formula is C33H46Cl2F3N6O10PS2. The van der Waals surface area contributed by atoms with Crippen LogP contribution >= 0.6 is 42.6 Å². The van der Waals surface area contributed by atoms with Gasteiger partial charge in [0.05, 0.1) is 52.8 Å². The lowest BCUT2D eigenvalue weighted by molar-refractivity contribution is -0.193. The first-order valence-electron chi connectivity index (χ1n) is 16.1. The van der Waals surface area contributed by atoms with Gasteiger partial charge in [-0.1, -0.05) is 35.0 Å². The van der Waals surface area contributed by atoms with E-state index in [0.29, 0.717) is 28.9 Å². The number of nitrogens with zero attached hydrogens (tertiary/aromatic N) is 3. The van der Waals surface area contributed by atoms with Gasteiger partial charge in [-0.2, -0.15) is 28.1 Å². The van der Waals surface area contributed by atoms with Crippen molar-refractivity contribution in [1.82, 2.24) is 20.3 Å². The number of thioether (sulfide) groups is 1. The van der Waals surface area contributed by atoms with Crippen LogP contribution in [0.5, 0.6) is 11.5 Å². The first-order chi connectivity index (χ1) is 26.1. The van der Waals surface area contributed by atoms with Crippen molar-refractivity contribution >= 4 is 83.3 Å². The van der Waals surface area contributed by atoms with Crippen molar-refractivity contribution in [1.29, 1.82) is 0 Å². The van der Waals surface area contributed by atoms with Crippen molar-refractivity contribution in [2.24, 2.45) is 0 Å². The first kappa shape index (κ1) is 53.4. The normalized spacial score (nSPS) is 12.5. The molecule has 0 amide bonds. The molecule has 0 saturated heterocycles. The number of halogens is 5. The maximum atomic E-state index is 12.7. The average molecular weight is 910 g/mol. The molecule has 0 aliphatic heterocycles. The van der Waals surface area contributed by atoms with Crippen LogP contribution in [0.25, 0.3) is 0 Å². The zero-order chi connectivity index (χ0) is 44.3. The van der Waals surface area contributed by atoms with E-state index in [1.54, 1.807) is 0 Å². The van der Waals surface area contributed by atoms with Crippen molar-refractivity contribution in [3.05, 3.63) is 57.6 Å². The van der Waals surface area contributed by atoms with Gasteiger partial charge < -0.3 is 44.7 Å². The summed E-state index contributed by atoms with van der Waals surface area (Å²) in [6.45, 7) is 9.71. The van der Waals surface area contributed by atoms with Crippen LogP contribution in [0.15, 0.2) is 41.6 Å². The van der Waals surface area contributed by atoms with E-state index in [2.05, 4.69) is 65.1 Å². The van der Waals surface area contributed by atoms with E-state index in [0.717, 1.165) is 36.8 Å². The molecule has 3 aromatic rings. The highest BCUT2D eigenvalue weighted by atomic mass is 35.5. The molecule has 0 aliphatic carbocycles. The minimum atomic E-state index is -4.56. The summed E-state index contributed by atoms with van der Waals surface area (Å²) in [6.07, 6.45) is 1.87. The minimum Gasteiger partial charge on any atom is -0.778 e. The van der Waals surface area contributed by atoms with Gasteiger partial charge in [0, 0.05) is 12.1 Å². The number of hydrogen-bond donors (Lipinski definition) is 6. The molecule has 1 aromatic heterocycles. The summed E-state index contributed by atoms with van der Waals surface area (Å²) < 4.78 is 58.1. The highest BCUT2D eigenvalue weighted by molar-refractivity contribution is 7.98. The van der Waals surface area contributed by atoms with Crippen molar-refractivity contribution in [3.8, 4) is 11.5 Å². The Morgan fingerprint density at radius 3 is 2.04 bits per heavy atom. The largest absolute Gasteiger partial charge is 0.778 e. The number of carbonyl (C=O) groups excluding carboxylic acids is 1. The zero-order valence-corrected chi connectivity index (χ0v) is 36.4. The Morgan fingerprint density at radius 1 is 1.00 bits per heavy atom. The zero-order valence-electron chi connectivity index (χ0n) is 32.4. The maximum Gasteiger partial charge on any atom is 0.416 e. The molecule has 2 atom stereocenters. The third-order valence-electron chi connectivity index (χ3n) is 5.48. The summed E-state index contributed by atoms with van der Waals surface area (Å²) >= 11 is 13.2. The lowest BCUT2D eigenvalue weighted by atomic mass is 10.1. The van der Waals surface area contributed by atoms with Crippen LogP contribution in [0.2, 0.25) is 10.0 Å². The van der Waals surface area contributed by atoms with E-state index < -0.39 is 56.2 Å². The number of aromatic nitrogens is 3. The number of carbonyl (C=O) groups is 3. The molecule has 320 valence electrons. The van der Waals surface area contributed by atoms with Gasteiger partial charge in [0.25, 0.3) is 0 Å². The summed E-state index contributed by atoms with van der Waals surface area (Å²) in [5.41, 5.74) is -1.17. The van der Waals surface area contributed by atoms with Gasteiger partial charge in [0.2, 0.25) is 11.9 Å². The lowest BCUT2D eigenvalue weighted by Gasteiger charge is -2.20. The summed E-state index contributed by atoms with van der Waals surface area (Å²) in [4.78, 5) is 63.4. The average Bonchev–Trinajstić information content (AvgIpc) is 3.04. The third kappa shape index (κ3) is 24.7. The van der Waals surface area contributed by atoms with Gasteiger partial charge >= 0.3 is 24.1 Å². The van der Waals surface area contributed by atoms with Crippen LogP contribution in [-0.2, 0) is 36.0 Å². The Kier molecular flexibility index (Phi) is 23.5. The molecular weight excluding hydrogens is 863 g/mol. The Labute approximate surface area is 345 Å². The van der Waals surface area contributed by atoms with Gasteiger partial charge in [-0.05, 0) is 88.2 Å². The van der Waals surface area contributed by atoms with Crippen LogP contribution in [-0.4, -0.2) is 104 Å². The molecule has 3 rings (SSSR count). The molecule has 57 heavy (non-hydrogen) atoms. The third-order valence-corrected chi connectivity index (χ3v) is 7.28. The smallest absolute Gasteiger partial charge is 0.416 e. The van der Waals surface area contributed by atoms with E-state index in [4.69, 9.17) is 47.8 Å². The number of rotatable bonds is 13. The number of carboxylic acids is 2.